The average molecular weight is 290 g/mol. The van der Waals surface area contributed by atoms with Crippen LogP contribution in [0, 0.1) is 17.8 Å². The summed E-state index contributed by atoms with van der Waals surface area (Å²) in [6.07, 6.45) is 0.427. The van der Waals surface area contributed by atoms with Crippen LogP contribution in [-0.2, 0) is 19.2 Å². The summed E-state index contributed by atoms with van der Waals surface area (Å²) in [5.74, 6) is -9.59. The van der Waals surface area contributed by atoms with Crippen molar-refractivity contribution in [1.82, 2.24) is 0 Å². The third-order valence-corrected chi connectivity index (χ3v) is 3.19. The molecular weight excluding hydrogens is 272 g/mol. The molecule has 0 fully saturated rings. The van der Waals surface area contributed by atoms with Gasteiger partial charge in [-0.2, -0.15) is 0 Å². The first-order chi connectivity index (χ1) is 9.22. The first-order valence-electron chi connectivity index (χ1n) is 6.13. The quantitative estimate of drug-likeness (QED) is 0.430. The number of hydrogen-bond acceptors (Lipinski definition) is 4. The van der Waals surface area contributed by atoms with E-state index in [0.29, 0.717) is 6.42 Å². The van der Waals surface area contributed by atoms with Crippen LogP contribution in [0.25, 0.3) is 0 Å². The Labute approximate surface area is 115 Å². The lowest BCUT2D eigenvalue weighted by Gasteiger charge is -2.19. The Hall–Kier alpha value is -2.12. The summed E-state index contributed by atoms with van der Waals surface area (Å²) >= 11 is 0. The molecule has 1 atom stereocenters. The van der Waals surface area contributed by atoms with Crippen LogP contribution in [0.5, 0.6) is 0 Å². The minimum Gasteiger partial charge on any atom is -0.481 e. The number of carbonyl (C=O) groups is 4. The van der Waals surface area contributed by atoms with Crippen LogP contribution in [0.15, 0.2) is 0 Å². The Balaban J connectivity index is 4.59. The fourth-order valence-electron chi connectivity index (χ4n) is 2.05. The molecule has 0 aromatic rings. The molecule has 8 nitrogen and oxygen atoms in total. The zero-order chi connectivity index (χ0) is 15.9. The summed E-state index contributed by atoms with van der Waals surface area (Å²) < 4.78 is 0. The molecule has 114 valence electrons. The maximum absolute atomic E-state index is 10.9. The third-order valence-electron chi connectivity index (χ3n) is 3.19. The third kappa shape index (κ3) is 5.25. The van der Waals surface area contributed by atoms with Crippen molar-refractivity contribution in [2.45, 2.75) is 32.6 Å². The van der Waals surface area contributed by atoms with E-state index >= 15 is 0 Å². The van der Waals surface area contributed by atoms with Gasteiger partial charge in [-0.15, -0.1) is 0 Å². The van der Waals surface area contributed by atoms with E-state index in [2.05, 4.69) is 0 Å². The Morgan fingerprint density at radius 2 is 1.25 bits per heavy atom. The van der Waals surface area contributed by atoms with E-state index in [4.69, 9.17) is 20.4 Å². The topological polar surface area (TPSA) is 149 Å². The van der Waals surface area contributed by atoms with Gasteiger partial charge in [0.2, 0.25) is 0 Å². The van der Waals surface area contributed by atoms with Crippen molar-refractivity contribution in [3.8, 4) is 0 Å². The highest BCUT2D eigenvalue weighted by atomic mass is 16.4. The van der Waals surface area contributed by atoms with Gasteiger partial charge in [-0.25, -0.2) is 0 Å². The molecule has 0 aromatic heterocycles. The number of aliphatic carboxylic acids is 4. The number of carboxylic acids is 4. The van der Waals surface area contributed by atoms with E-state index in [1.54, 1.807) is 6.92 Å². The molecule has 0 aliphatic rings. The smallest absolute Gasteiger partial charge is 0.318 e. The molecule has 0 aromatic carbocycles. The molecular formula is C12H18O8. The molecule has 0 saturated carbocycles. The molecule has 0 saturated heterocycles. The number of carboxylic acid groups (broad SMARTS) is 4. The molecule has 0 aliphatic carbocycles. The molecule has 0 bridgehead atoms. The predicted octanol–water partition coefficient (Wildman–Crippen LogP) is 0.754. The van der Waals surface area contributed by atoms with E-state index in [0.717, 1.165) is 0 Å². The lowest BCUT2D eigenvalue weighted by molar-refractivity contribution is -0.159. The molecule has 0 aliphatic heterocycles. The minimum absolute atomic E-state index is 0.138. The Kier molecular flexibility index (Phi) is 7.27. The van der Waals surface area contributed by atoms with Gasteiger partial charge in [-0.1, -0.05) is 19.8 Å². The monoisotopic (exact) mass is 290 g/mol. The summed E-state index contributed by atoms with van der Waals surface area (Å²) in [7, 11) is 0. The van der Waals surface area contributed by atoms with Crippen molar-refractivity contribution >= 4 is 23.9 Å². The molecule has 0 spiro atoms. The fraction of sp³-hybridized carbons (Fsp3) is 0.667. The second-order valence-electron chi connectivity index (χ2n) is 4.48. The van der Waals surface area contributed by atoms with E-state index in [-0.39, 0.29) is 19.3 Å². The molecule has 8 heteroatoms. The van der Waals surface area contributed by atoms with Crippen LogP contribution in [-0.4, -0.2) is 44.3 Å². The molecule has 0 rings (SSSR count). The highest BCUT2D eigenvalue weighted by Gasteiger charge is 2.34. The molecule has 0 radical (unpaired) electrons. The van der Waals surface area contributed by atoms with Crippen molar-refractivity contribution in [2.75, 3.05) is 0 Å². The maximum Gasteiger partial charge on any atom is 0.318 e. The van der Waals surface area contributed by atoms with E-state index < -0.39 is 41.6 Å². The van der Waals surface area contributed by atoms with Crippen molar-refractivity contribution in [2.24, 2.45) is 17.8 Å². The van der Waals surface area contributed by atoms with Crippen LogP contribution in [0.4, 0.5) is 0 Å². The zero-order valence-corrected chi connectivity index (χ0v) is 11.0. The molecule has 0 heterocycles. The van der Waals surface area contributed by atoms with Gasteiger partial charge in [-0.05, 0) is 18.8 Å². The van der Waals surface area contributed by atoms with Crippen molar-refractivity contribution < 1.29 is 39.6 Å². The van der Waals surface area contributed by atoms with Crippen LogP contribution < -0.4 is 0 Å². The van der Waals surface area contributed by atoms with Gasteiger partial charge in [0.15, 0.2) is 11.8 Å². The molecule has 0 amide bonds. The summed E-state index contributed by atoms with van der Waals surface area (Å²) in [4.78, 5) is 43.1. The Morgan fingerprint density at radius 1 is 0.800 bits per heavy atom. The van der Waals surface area contributed by atoms with Crippen LogP contribution in [0.3, 0.4) is 0 Å². The highest BCUT2D eigenvalue weighted by molar-refractivity contribution is 5.93. The predicted molar refractivity (Wildman–Crippen MR) is 65.2 cm³/mol. The van der Waals surface area contributed by atoms with Gasteiger partial charge >= 0.3 is 23.9 Å². The lowest BCUT2D eigenvalue weighted by Crippen LogP contribution is -2.31. The van der Waals surface area contributed by atoms with E-state index in [1.165, 1.54) is 0 Å². The first kappa shape index (κ1) is 17.9. The second kappa shape index (κ2) is 8.13. The largest absolute Gasteiger partial charge is 0.481 e. The van der Waals surface area contributed by atoms with Gasteiger partial charge in [0.1, 0.15) is 0 Å². The van der Waals surface area contributed by atoms with Gasteiger partial charge < -0.3 is 20.4 Å². The summed E-state index contributed by atoms with van der Waals surface area (Å²) in [6.45, 7) is 1.63. The summed E-state index contributed by atoms with van der Waals surface area (Å²) in [5.41, 5.74) is 0. The number of hydrogen-bond donors (Lipinski definition) is 4. The van der Waals surface area contributed by atoms with Crippen LogP contribution in [0.1, 0.15) is 32.6 Å². The molecule has 4 N–H and O–H groups in total. The standard InChI is InChI=1S/C12H18O8/c1-2-6(8(11(17)18)12(19)20)4-3-5-7(9(13)14)10(15)16/h6-8H,2-5H2,1H3,(H,13,14)(H,15,16)(H,17,18)(H,19,20). The van der Waals surface area contributed by atoms with E-state index in [1.807, 2.05) is 0 Å². The van der Waals surface area contributed by atoms with Gasteiger partial charge in [0.25, 0.3) is 0 Å². The zero-order valence-electron chi connectivity index (χ0n) is 11.0. The van der Waals surface area contributed by atoms with Crippen LogP contribution in [0.2, 0.25) is 0 Å². The summed E-state index contributed by atoms with van der Waals surface area (Å²) in [5, 5.41) is 35.1. The molecule has 1 unspecified atom stereocenters. The van der Waals surface area contributed by atoms with Crippen LogP contribution >= 0.6 is 0 Å². The second-order valence-corrected chi connectivity index (χ2v) is 4.48. The fourth-order valence-corrected chi connectivity index (χ4v) is 2.05. The SMILES string of the molecule is CCC(CCCC(C(=O)O)C(=O)O)C(C(=O)O)C(=O)O. The normalized spacial score (nSPS) is 12.3. The first-order valence-corrected chi connectivity index (χ1v) is 6.13. The van der Waals surface area contributed by atoms with E-state index in [9.17, 15) is 19.2 Å². The van der Waals surface area contributed by atoms with Crippen molar-refractivity contribution in [3.63, 3.8) is 0 Å². The Morgan fingerprint density at radius 3 is 1.55 bits per heavy atom. The lowest BCUT2D eigenvalue weighted by atomic mass is 9.85. The summed E-state index contributed by atoms with van der Waals surface area (Å²) in [6, 6.07) is 0. The van der Waals surface area contributed by atoms with Crippen molar-refractivity contribution in [1.29, 1.82) is 0 Å². The van der Waals surface area contributed by atoms with Crippen molar-refractivity contribution in [3.05, 3.63) is 0 Å². The van der Waals surface area contributed by atoms with Gasteiger partial charge in [0, 0.05) is 0 Å². The Bertz CT molecular complexity index is 361. The van der Waals surface area contributed by atoms with Gasteiger partial charge in [-0.3, -0.25) is 19.2 Å². The minimum atomic E-state index is -1.56. The van der Waals surface area contributed by atoms with Gasteiger partial charge in [0.05, 0.1) is 0 Å². The molecule has 20 heavy (non-hydrogen) atoms. The number of rotatable bonds is 10. The average Bonchev–Trinajstić information content (AvgIpc) is 2.30. The maximum atomic E-state index is 10.9. The highest BCUT2D eigenvalue weighted by Crippen LogP contribution is 2.24.